The van der Waals surface area contributed by atoms with Crippen LogP contribution in [0.2, 0.25) is 5.02 Å². The molecule has 0 aromatic heterocycles. The van der Waals surface area contributed by atoms with Gasteiger partial charge in [-0.3, -0.25) is 4.79 Å². The van der Waals surface area contributed by atoms with E-state index in [0.29, 0.717) is 49.5 Å². The molecule has 0 spiro atoms. The Bertz CT molecular complexity index is 1480. The fourth-order valence-electron chi connectivity index (χ4n) is 6.44. The molecule has 2 aromatic rings. The van der Waals surface area contributed by atoms with Crippen molar-refractivity contribution in [2.24, 2.45) is 11.8 Å². The number of nitrogens with one attached hydrogen (secondary N) is 1. The SMILES string of the molecule is CCCc1c(C2COc3ccc4cc3N(CCC(CC)C(OC)/C(C)=C/C[C@H](C)C(C)S(=O)(=O)NC4=O)C2)ccc(Cl)c1F. The van der Waals surface area contributed by atoms with Gasteiger partial charge in [0.25, 0.3) is 5.91 Å². The van der Waals surface area contributed by atoms with E-state index in [9.17, 15) is 13.2 Å². The van der Waals surface area contributed by atoms with Gasteiger partial charge in [-0.25, -0.2) is 17.5 Å². The van der Waals surface area contributed by atoms with Crippen molar-refractivity contribution in [3.63, 3.8) is 0 Å². The lowest BCUT2D eigenvalue weighted by molar-refractivity contribution is 0.0750. The van der Waals surface area contributed by atoms with Gasteiger partial charge in [0.1, 0.15) is 11.6 Å². The van der Waals surface area contributed by atoms with Gasteiger partial charge in [0.2, 0.25) is 10.0 Å². The molecule has 2 bridgehead atoms. The van der Waals surface area contributed by atoms with Crippen molar-refractivity contribution < 1.29 is 27.1 Å². The first-order valence-corrected chi connectivity index (χ1v) is 17.6. The average Bonchev–Trinajstić information content (AvgIpc) is 3.18. The van der Waals surface area contributed by atoms with E-state index in [0.717, 1.165) is 30.4 Å². The monoisotopic (exact) mass is 648 g/mol. The van der Waals surface area contributed by atoms with E-state index < -0.39 is 21.2 Å². The zero-order chi connectivity index (χ0) is 32.2. The molecule has 2 aromatic carbocycles. The molecule has 0 fully saturated rings. The Labute approximate surface area is 267 Å². The van der Waals surface area contributed by atoms with Gasteiger partial charge in [-0.15, -0.1) is 0 Å². The predicted molar refractivity (Wildman–Crippen MR) is 175 cm³/mol. The van der Waals surface area contributed by atoms with E-state index >= 15 is 4.39 Å². The Kier molecular flexibility index (Phi) is 11.4. The highest BCUT2D eigenvalue weighted by atomic mass is 35.5. The number of methoxy groups -OCH3 is 1. The van der Waals surface area contributed by atoms with Crippen LogP contribution in [0.4, 0.5) is 10.1 Å². The third kappa shape index (κ3) is 7.43. The largest absolute Gasteiger partial charge is 0.491 e. The van der Waals surface area contributed by atoms with Gasteiger partial charge in [-0.2, -0.15) is 0 Å². The summed E-state index contributed by atoms with van der Waals surface area (Å²) in [6.07, 6.45) is 5.50. The molecule has 0 aliphatic carbocycles. The molecule has 0 radical (unpaired) electrons. The number of halogens is 2. The summed E-state index contributed by atoms with van der Waals surface area (Å²) in [6.45, 7) is 11.2. The minimum absolute atomic E-state index is 0.106. The van der Waals surface area contributed by atoms with E-state index in [4.69, 9.17) is 21.1 Å². The van der Waals surface area contributed by atoms with Crippen LogP contribution < -0.4 is 14.4 Å². The minimum atomic E-state index is -3.94. The van der Waals surface area contributed by atoms with Crippen molar-refractivity contribution in [3.05, 3.63) is 69.5 Å². The lowest BCUT2D eigenvalue weighted by Crippen LogP contribution is -2.40. The number of hydrogen-bond donors (Lipinski definition) is 1. The van der Waals surface area contributed by atoms with Crippen LogP contribution in [0.1, 0.15) is 87.7 Å². The summed E-state index contributed by atoms with van der Waals surface area (Å²) >= 11 is 6.19. The van der Waals surface area contributed by atoms with E-state index in [1.54, 1.807) is 38.3 Å². The highest BCUT2D eigenvalue weighted by Gasteiger charge is 2.32. The topological polar surface area (TPSA) is 84.9 Å². The fourth-order valence-corrected chi connectivity index (χ4v) is 7.90. The predicted octanol–water partition coefficient (Wildman–Crippen LogP) is 7.28. The summed E-state index contributed by atoms with van der Waals surface area (Å²) in [5, 5.41) is -0.681. The van der Waals surface area contributed by atoms with Crippen LogP contribution in [0.15, 0.2) is 42.0 Å². The number of rotatable bonds is 5. The fraction of sp³-hybridized carbons (Fsp3) is 0.559. The Morgan fingerprint density at radius 1 is 1.18 bits per heavy atom. The van der Waals surface area contributed by atoms with Crippen molar-refractivity contribution in [1.29, 1.82) is 0 Å². The molecule has 242 valence electrons. The van der Waals surface area contributed by atoms with Crippen molar-refractivity contribution in [3.8, 4) is 5.75 Å². The Hall–Kier alpha value is -2.62. The number of allylic oxidation sites excluding steroid dienone is 1. The highest BCUT2D eigenvalue weighted by molar-refractivity contribution is 7.90. The Morgan fingerprint density at radius 3 is 2.61 bits per heavy atom. The zero-order valence-electron chi connectivity index (χ0n) is 26.7. The first kappa shape index (κ1) is 34.3. The van der Waals surface area contributed by atoms with Crippen LogP contribution in [0.3, 0.4) is 0 Å². The molecular formula is C34H46ClFN2O5S. The molecule has 4 rings (SSSR count). The van der Waals surface area contributed by atoms with Crippen LogP contribution in [0, 0.1) is 17.7 Å². The van der Waals surface area contributed by atoms with Crippen LogP contribution in [-0.4, -0.2) is 52.5 Å². The van der Waals surface area contributed by atoms with Gasteiger partial charge in [-0.1, -0.05) is 57.4 Å². The molecule has 0 saturated carbocycles. The van der Waals surface area contributed by atoms with E-state index in [-0.39, 0.29) is 40.3 Å². The first-order chi connectivity index (χ1) is 20.9. The summed E-state index contributed by atoms with van der Waals surface area (Å²) < 4.78 is 56.4. The second-order valence-electron chi connectivity index (χ2n) is 12.3. The molecule has 44 heavy (non-hydrogen) atoms. The summed E-state index contributed by atoms with van der Waals surface area (Å²) in [5.74, 6) is -0.663. The maximum absolute atomic E-state index is 15.3. The molecular weight excluding hydrogens is 603 g/mol. The molecule has 0 saturated heterocycles. The number of nitrogens with zero attached hydrogens (tertiary/aromatic N) is 1. The van der Waals surface area contributed by atoms with Gasteiger partial charge in [-0.05, 0) is 85.9 Å². The standard InChI is InChI=1S/C34H46ClFN2O5S/c1-7-9-28-27(13-14-29(35)32(28)36)26-19-38-17-16-24(8-2)33(42-6)22(4)11-10-21(3)23(5)44(40,41)37-34(39)25-12-15-31(43-20-26)30(38)18-25/h11-15,18,21,23-24,26,33H,7-10,16-17,19-20H2,1-6H3,(H,37,39)/b22-11+/t21-,23?,24?,26?,33?/m0/s1. The molecule has 1 N–H and O–H groups in total. The van der Waals surface area contributed by atoms with Gasteiger partial charge >= 0.3 is 0 Å². The number of fused-ring (bicyclic) bond motifs is 1. The lowest BCUT2D eigenvalue weighted by atomic mass is 9.88. The summed E-state index contributed by atoms with van der Waals surface area (Å²) in [5.41, 5.74) is 3.46. The average molecular weight is 649 g/mol. The second-order valence-corrected chi connectivity index (χ2v) is 14.7. The number of benzene rings is 2. The van der Waals surface area contributed by atoms with Crippen LogP contribution >= 0.6 is 11.6 Å². The number of anilines is 1. The number of carbonyl (C=O) groups is 1. The molecule has 2 aliphatic heterocycles. The Balaban J connectivity index is 1.81. The first-order valence-electron chi connectivity index (χ1n) is 15.7. The minimum Gasteiger partial charge on any atom is -0.491 e. The maximum Gasteiger partial charge on any atom is 0.264 e. The van der Waals surface area contributed by atoms with E-state index in [2.05, 4.69) is 22.6 Å². The van der Waals surface area contributed by atoms with Crippen molar-refractivity contribution >= 4 is 33.2 Å². The van der Waals surface area contributed by atoms with Gasteiger partial charge < -0.3 is 14.4 Å². The molecule has 7 nitrogen and oxygen atoms in total. The molecule has 5 atom stereocenters. The number of hydrogen-bond acceptors (Lipinski definition) is 6. The van der Waals surface area contributed by atoms with Crippen LogP contribution in [0.25, 0.3) is 0 Å². The summed E-state index contributed by atoms with van der Waals surface area (Å²) in [6, 6.07) is 8.52. The maximum atomic E-state index is 15.3. The van der Waals surface area contributed by atoms with Crippen LogP contribution in [-0.2, 0) is 21.2 Å². The molecule has 2 heterocycles. The molecule has 4 unspecified atom stereocenters. The highest BCUT2D eigenvalue weighted by Crippen LogP contribution is 2.38. The third-order valence-corrected chi connectivity index (χ3v) is 11.6. The van der Waals surface area contributed by atoms with Crippen LogP contribution in [0.5, 0.6) is 5.75 Å². The summed E-state index contributed by atoms with van der Waals surface area (Å²) in [4.78, 5) is 15.5. The van der Waals surface area contributed by atoms with E-state index in [1.807, 2.05) is 26.8 Å². The molecule has 10 heteroatoms. The lowest BCUT2D eigenvalue weighted by Gasteiger charge is -2.32. The molecule has 2 aliphatic rings. The second kappa shape index (κ2) is 14.6. The smallest absolute Gasteiger partial charge is 0.264 e. The number of sulfonamides is 1. The van der Waals surface area contributed by atoms with Gasteiger partial charge in [0, 0.05) is 31.7 Å². The van der Waals surface area contributed by atoms with Crippen molar-refractivity contribution in [2.45, 2.75) is 84.0 Å². The zero-order valence-corrected chi connectivity index (χ0v) is 28.2. The Morgan fingerprint density at radius 2 is 1.93 bits per heavy atom. The number of carbonyl (C=O) groups excluding carboxylic acids is 1. The summed E-state index contributed by atoms with van der Waals surface area (Å²) in [7, 11) is -2.22. The number of ether oxygens (including phenoxy) is 2. The normalized spacial score (nSPS) is 27.5. The molecule has 1 amide bonds. The van der Waals surface area contributed by atoms with E-state index in [1.165, 1.54) is 0 Å². The van der Waals surface area contributed by atoms with Crippen molar-refractivity contribution in [1.82, 2.24) is 4.72 Å². The van der Waals surface area contributed by atoms with Crippen molar-refractivity contribution in [2.75, 3.05) is 31.7 Å². The van der Waals surface area contributed by atoms with Gasteiger partial charge in [0.15, 0.2) is 0 Å². The third-order valence-electron chi connectivity index (χ3n) is 9.38. The quantitative estimate of drug-likeness (QED) is 0.343. The number of amides is 1. The van der Waals surface area contributed by atoms with Gasteiger partial charge in [0.05, 0.1) is 28.7 Å².